The van der Waals surface area contributed by atoms with Gasteiger partial charge in [0.05, 0.1) is 16.7 Å². The number of allylic oxidation sites excluding steroid dienone is 1. The number of hydrogen-bond donors (Lipinski definition) is 1. The summed E-state index contributed by atoms with van der Waals surface area (Å²) in [7, 11) is 0. The van der Waals surface area contributed by atoms with E-state index in [0.29, 0.717) is 24.3 Å². The van der Waals surface area contributed by atoms with Crippen LogP contribution in [0.2, 0.25) is 0 Å². The third kappa shape index (κ3) is 5.20. The predicted octanol–water partition coefficient (Wildman–Crippen LogP) is 5.99. The highest BCUT2D eigenvalue weighted by Gasteiger charge is 2.40. The van der Waals surface area contributed by atoms with Gasteiger partial charge in [0.15, 0.2) is 0 Å². The Morgan fingerprint density at radius 2 is 2.00 bits per heavy atom. The van der Waals surface area contributed by atoms with Gasteiger partial charge in [-0.2, -0.15) is 18.3 Å². The Hall–Kier alpha value is -3.59. The zero-order valence-electron chi connectivity index (χ0n) is 21.4. The van der Waals surface area contributed by atoms with Gasteiger partial charge < -0.3 is 9.84 Å². The fraction of sp³-hybridized carbons (Fsp3) is 0.379. The first kappa shape index (κ1) is 26.0. The van der Waals surface area contributed by atoms with Gasteiger partial charge in [-0.15, -0.1) is 0 Å². The number of aliphatic carboxylic acids is 1. The summed E-state index contributed by atoms with van der Waals surface area (Å²) < 4.78 is 48.3. The number of halogens is 3. The summed E-state index contributed by atoms with van der Waals surface area (Å²) in [6.45, 7) is 6.02. The minimum Gasteiger partial charge on any atom is -0.489 e. The molecule has 1 atom stereocenters. The topological polar surface area (TPSA) is 67.6 Å². The van der Waals surface area contributed by atoms with Gasteiger partial charge in [0.25, 0.3) is 0 Å². The monoisotopic (exact) mass is 525 g/mol. The fourth-order valence-corrected chi connectivity index (χ4v) is 5.41. The average molecular weight is 526 g/mol. The number of likely N-dealkylation sites (tertiary alicyclic amines) is 1. The van der Waals surface area contributed by atoms with Crippen LogP contribution in [0.1, 0.15) is 48.9 Å². The van der Waals surface area contributed by atoms with Crippen molar-refractivity contribution in [2.24, 2.45) is 5.41 Å². The Morgan fingerprint density at radius 1 is 1.18 bits per heavy atom. The molecule has 38 heavy (non-hydrogen) atoms. The normalized spacial score (nSPS) is 20.0. The molecular weight excluding hydrogens is 495 g/mol. The lowest BCUT2D eigenvalue weighted by Gasteiger charge is -2.26. The number of aryl methyl sites for hydroxylation is 1. The second kappa shape index (κ2) is 9.94. The molecule has 0 spiro atoms. The molecule has 1 unspecified atom stereocenters. The number of ether oxygens (including phenoxy) is 1. The molecule has 0 radical (unpaired) electrons. The molecule has 1 N–H and O–H groups in total. The molecule has 0 saturated carbocycles. The van der Waals surface area contributed by atoms with Crippen LogP contribution < -0.4 is 4.74 Å². The van der Waals surface area contributed by atoms with Crippen LogP contribution in [0, 0.1) is 5.41 Å². The number of carbonyl (C=O) groups is 1. The summed E-state index contributed by atoms with van der Waals surface area (Å²) in [5.41, 5.74) is 3.74. The highest BCUT2D eigenvalue weighted by Crippen LogP contribution is 2.37. The molecule has 6 nitrogen and oxygen atoms in total. The number of fused-ring (bicyclic) bond motifs is 1. The van der Waals surface area contributed by atoms with Crippen molar-refractivity contribution in [2.75, 3.05) is 19.6 Å². The van der Waals surface area contributed by atoms with Crippen molar-refractivity contribution >= 4 is 11.5 Å². The summed E-state index contributed by atoms with van der Waals surface area (Å²) in [5, 5.41) is 13.5. The first-order valence-electron chi connectivity index (χ1n) is 12.6. The van der Waals surface area contributed by atoms with E-state index in [9.17, 15) is 23.1 Å². The van der Waals surface area contributed by atoms with Gasteiger partial charge >= 0.3 is 12.1 Å². The second-order valence-electron chi connectivity index (χ2n) is 10.5. The van der Waals surface area contributed by atoms with E-state index in [1.54, 1.807) is 12.1 Å². The maximum Gasteiger partial charge on any atom is 0.418 e. The number of carboxylic acids is 1. The molecule has 1 fully saturated rings. The SMILES string of the molecule is CC1=C(CN2CCC(C)(C(=O)O)C2)CCc2cc(OCc3ccc(-n4cccn4)c(C(F)(F)F)c3)ccc21. The van der Waals surface area contributed by atoms with Crippen LogP contribution >= 0.6 is 0 Å². The molecule has 0 amide bonds. The Morgan fingerprint density at radius 3 is 2.68 bits per heavy atom. The predicted molar refractivity (Wildman–Crippen MR) is 137 cm³/mol. The number of benzene rings is 2. The van der Waals surface area contributed by atoms with Crippen LogP contribution in [-0.2, 0) is 24.0 Å². The van der Waals surface area contributed by atoms with Gasteiger partial charge in [-0.05, 0) is 92.2 Å². The molecule has 200 valence electrons. The van der Waals surface area contributed by atoms with Crippen molar-refractivity contribution in [1.29, 1.82) is 0 Å². The molecular formula is C29H30F3N3O3. The van der Waals surface area contributed by atoms with Crippen LogP contribution in [0.15, 0.2) is 60.4 Å². The summed E-state index contributed by atoms with van der Waals surface area (Å²) in [4.78, 5) is 13.8. The molecule has 1 aromatic heterocycles. The largest absolute Gasteiger partial charge is 0.489 e. The Labute approximate surface area is 219 Å². The van der Waals surface area contributed by atoms with Gasteiger partial charge in [-0.1, -0.05) is 17.7 Å². The van der Waals surface area contributed by atoms with Crippen LogP contribution in [-0.4, -0.2) is 45.4 Å². The third-order valence-electron chi connectivity index (χ3n) is 7.71. The van der Waals surface area contributed by atoms with Crippen molar-refractivity contribution < 1.29 is 27.8 Å². The van der Waals surface area contributed by atoms with E-state index in [1.165, 1.54) is 34.3 Å². The lowest BCUT2D eigenvalue weighted by molar-refractivity contribution is -0.147. The minimum atomic E-state index is -4.52. The van der Waals surface area contributed by atoms with Gasteiger partial charge in [0, 0.05) is 25.5 Å². The lowest BCUT2D eigenvalue weighted by Crippen LogP contribution is -2.32. The molecule has 3 aromatic rings. The zero-order chi connectivity index (χ0) is 27.1. The standard InChI is InChI=1S/C29H30F3N3O3/c1-19-22(16-34-13-10-28(2,18-34)27(36)37)6-5-21-15-23(7-8-24(19)21)38-17-20-4-9-26(35-12-3-11-33-35)25(14-20)29(30,31)32/h3-4,7-9,11-12,14-15H,5-6,10,13,16-18H2,1-2H3,(H,36,37). The molecule has 9 heteroatoms. The van der Waals surface area contributed by atoms with Crippen LogP contribution in [0.3, 0.4) is 0 Å². The molecule has 5 rings (SSSR count). The van der Waals surface area contributed by atoms with Crippen LogP contribution in [0.5, 0.6) is 5.75 Å². The summed E-state index contributed by atoms with van der Waals surface area (Å²) >= 11 is 0. The van der Waals surface area contributed by atoms with E-state index in [4.69, 9.17) is 4.74 Å². The molecule has 2 heterocycles. The van der Waals surface area contributed by atoms with Crippen molar-refractivity contribution in [1.82, 2.24) is 14.7 Å². The van der Waals surface area contributed by atoms with Crippen molar-refractivity contribution in [3.63, 3.8) is 0 Å². The smallest absolute Gasteiger partial charge is 0.418 e. The number of aromatic nitrogens is 2. The average Bonchev–Trinajstić information content (AvgIpc) is 3.55. The number of hydrogen-bond acceptors (Lipinski definition) is 4. The summed E-state index contributed by atoms with van der Waals surface area (Å²) in [6.07, 6.45) is 0.767. The summed E-state index contributed by atoms with van der Waals surface area (Å²) in [6, 6.07) is 11.6. The number of carboxylic acid groups (broad SMARTS) is 1. The van der Waals surface area contributed by atoms with Gasteiger partial charge in [-0.3, -0.25) is 9.69 Å². The van der Waals surface area contributed by atoms with E-state index >= 15 is 0 Å². The van der Waals surface area contributed by atoms with Crippen molar-refractivity contribution in [2.45, 2.75) is 45.9 Å². The number of nitrogens with zero attached hydrogens (tertiary/aromatic N) is 3. The van der Waals surface area contributed by atoms with Gasteiger partial charge in [0.2, 0.25) is 0 Å². The van der Waals surface area contributed by atoms with Gasteiger partial charge in [-0.25, -0.2) is 4.68 Å². The number of rotatable bonds is 7. The van der Waals surface area contributed by atoms with Crippen LogP contribution in [0.25, 0.3) is 11.3 Å². The quantitative estimate of drug-likeness (QED) is 0.411. The minimum absolute atomic E-state index is 0.0125. The molecule has 1 saturated heterocycles. The lowest BCUT2D eigenvalue weighted by atomic mass is 9.86. The molecule has 0 bridgehead atoms. The summed E-state index contributed by atoms with van der Waals surface area (Å²) in [5.74, 6) is -0.128. The maximum absolute atomic E-state index is 13.7. The molecule has 2 aromatic carbocycles. The van der Waals surface area contributed by atoms with E-state index in [0.717, 1.165) is 43.1 Å². The Bertz CT molecular complexity index is 1380. The van der Waals surface area contributed by atoms with E-state index in [2.05, 4.69) is 16.9 Å². The third-order valence-corrected chi connectivity index (χ3v) is 7.71. The maximum atomic E-state index is 13.7. The first-order chi connectivity index (χ1) is 18.0. The Kier molecular flexibility index (Phi) is 6.81. The van der Waals surface area contributed by atoms with E-state index in [1.807, 2.05) is 25.1 Å². The molecule has 1 aliphatic carbocycles. The highest BCUT2D eigenvalue weighted by atomic mass is 19.4. The van der Waals surface area contributed by atoms with Gasteiger partial charge in [0.1, 0.15) is 12.4 Å². The van der Waals surface area contributed by atoms with Crippen molar-refractivity contribution in [3.05, 3.63) is 82.7 Å². The first-order valence-corrected chi connectivity index (χ1v) is 12.6. The molecule has 1 aliphatic heterocycles. The fourth-order valence-electron chi connectivity index (χ4n) is 5.41. The van der Waals surface area contributed by atoms with E-state index in [-0.39, 0.29) is 12.3 Å². The zero-order valence-corrected chi connectivity index (χ0v) is 21.4. The highest BCUT2D eigenvalue weighted by molar-refractivity contribution is 5.75. The number of alkyl halides is 3. The molecule has 2 aliphatic rings. The van der Waals surface area contributed by atoms with Crippen LogP contribution in [0.4, 0.5) is 13.2 Å². The second-order valence-corrected chi connectivity index (χ2v) is 10.5. The van der Waals surface area contributed by atoms with E-state index < -0.39 is 23.1 Å². The van der Waals surface area contributed by atoms with Crippen molar-refractivity contribution in [3.8, 4) is 11.4 Å². The Balaban J connectivity index is 1.28.